The Kier molecular flexibility index (Phi) is 4.03. The largest absolute Gasteiger partial charge is 0.298 e. The summed E-state index contributed by atoms with van der Waals surface area (Å²) in [4.78, 5) is 11.3. The van der Waals surface area contributed by atoms with E-state index in [1.807, 2.05) is 52.0 Å². The molecule has 20 heavy (non-hydrogen) atoms. The lowest BCUT2D eigenvalue weighted by Gasteiger charge is -2.14. The van der Waals surface area contributed by atoms with Gasteiger partial charge in [-0.05, 0) is 60.2 Å². The fourth-order valence-corrected chi connectivity index (χ4v) is 2.45. The maximum absolute atomic E-state index is 14.0. The molecule has 0 radical (unpaired) electrons. The lowest BCUT2D eigenvalue weighted by molar-refractivity contribution is 0.112. The lowest BCUT2D eigenvalue weighted by atomic mass is 9.91. The van der Waals surface area contributed by atoms with Crippen molar-refractivity contribution in [3.05, 3.63) is 58.4 Å². The van der Waals surface area contributed by atoms with E-state index in [2.05, 4.69) is 0 Å². The smallest absolute Gasteiger partial charge is 0.150 e. The minimum atomic E-state index is -0.180. The maximum atomic E-state index is 14.0. The zero-order chi connectivity index (χ0) is 14.9. The van der Waals surface area contributed by atoms with Crippen molar-refractivity contribution < 1.29 is 9.18 Å². The first-order chi connectivity index (χ1) is 9.43. The molecule has 2 aromatic carbocycles. The highest BCUT2D eigenvalue weighted by Crippen LogP contribution is 2.31. The van der Waals surface area contributed by atoms with Crippen molar-refractivity contribution in [1.82, 2.24) is 0 Å². The Labute approximate surface area is 119 Å². The van der Waals surface area contributed by atoms with Crippen LogP contribution in [-0.2, 0) is 0 Å². The van der Waals surface area contributed by atoms with E-state index < -0.39 is 0 Å². The molecule has 0 aliphatic rings. The van der Waals surface area contributed by atoms with Crippen LogP contribution in [0.2, 0.25) is 0 Å². The minimum absolute atomic E-state index is 0.111. The molecule has 0 aliphatic heterocycles. The summed E-state index contributed by atoms with van der Waals surface area (Å²) in [6, 6.07) is 9.19. The molecule has 2 heteroatoms. The van der Waals surface area contributed by atoms with Crippen LogP contribution < -0.4 is 0 Å². The first kappa shape index (κ1) is 14.4. The summed E-state index contributed by atoms with van der Waals surface area (Å²) in [5.41, 5.74) is 5.01. The zero-order valence-corrected chi connectivity index (χ0v) is 12.3. The first-order valence-electron chi connectivity index (χ1n) is 6.80. The van der Waals surface area contributed by atoms with Crippen molar-refractivity contribution in [3.8, 4) is 11.1 Å². The highest BCUT2D eigenvalue weighted by molar-refractivity contribution is 5.88. The molecule has 0 aliphatic carbocycles. The van der Waals surface area contributed by atoms with Gasteiger partial charge in [-0.25, -0.2) is 4.39 Å². The molecule has 0 heterocycles. The monoisotopic (exact) mass is 270 g/mol. The van der Waals surface area contributed by atoms with Crippen LogP contribution in [0, 0.1) is 19.7 Å². The van der Waals surface area contributed by atoms with Gasteiger partial charge in [0.25, 0.3) is 0 Å². The molecule has 0 saturated heterocycles. The van der Waals surface area contributed by atoms with Gasteiger partial charge in [0.05, 0.1) is 0 Å². The number of halogens is 1. The molecule has 2 aromatic rings. The average Bonchev–Trinajstić information content (AvgIpc) is 2.39. The SMILES string of the molecule is Cc1ccc(-c2cc(C(C)C)c(F)cc2C)c(C=O)c1. The predicted molar refractivity (Wildman–Crippen MR) is 80.8 cm³/mol. The van der Waals surface area contributed by atoms with Gasteiger partial charge in [-0.2, -0.15) is 0 Å². The van der Waals surface area contributed by atoms with Crippen LogP contribution in [0.25, 0.3) is 11.1 Å². The number of rotatable bonds is 3. The first-order valence-corrected chi connectivity index (χ1v) is 6.80. The average molecular weight is 270 g/mol. The van der Waals surface area contributed by atoms with Crippen LogP contribution in [0.4, 0.5) is 4.39 Å². The third-order valence-corrected chi connectivity index (χ3v) is 3.59. The molecule has 0 spiro atoms. The van der Waals surface area contributed by atoms with E-state index in [0.29, 0.717) is 11.1 Å². The molecule has 104 valence electrons. The molecule has 0 amide bonds. The molecule has 2 rings (SSSR count). The number of benzene rings is 2. The summed E-state index contributed by atoms with van der Waals surface area (Å²) in [5, 5.41) is 0. The Morgan fingerprint density at radius 2 is 1.75 bits per heavy atom. The van der Waals surface area contributed by atoms with Gasteiger partial charge in [0.1, 0.15) is 5.82 Å². The second-order valence-corrected chi connectivity index (χ2v) is 5.55. The van der Waals surface area contributed by atoms with E-state index >= 15 is 0 Å². The Bertz CT molecular complexity index is 657. The van der Waals surface area contributed by atoms with Crippen molar-refractivity contribution in [3.63, 3.8) is 0 Å². The summed E-state index contributed by atoms with van der Waals surface area (Å²) in [6.45, 7) is 7.76. The van der Waals surface area contributed by atoms with Gasteiger partial charge in [-0.1, -0.05) is 31.5 Å². The molecule has 0 saturated carbocycles. The molecule has 0 unspecified atom stereocenters. The van der Waals surface area contributed by atoms with E-state index in [0.717, 1.165) is 28.5 Å². The molecule has 0 fully saturated rings. The van der Waals surface area contributed by atoms with Crippen LogP contribution >= 0.6 is 0 Å². The Balaban J connectivity index is 2.69. The van der Waals surface area contributed by atoms with Gasteiger partial charge in [0.15, 0.2) is 6.29 Å². The van der Waals surface area contributed by atoms with Crippen molar-refractivity contribution >= 4 is 6.29 Å². The standard InChI is InChI=1S/C18H19FO/c1-11(2)16-9-17(13(4)8-18(16)19)15-6-5-12(3)7-14(15)10-20/h5-11H,1-4H3. The second-order valence-electron chi connectivity index (χ2n) is 5.55. The number of hydrogen-bond donors (Lipinski definition) is 0. The predicted octanol–water partition coefficient (Wildman–Crippen LogP) is 5.05. The van der Waals surface area contributed by atoms with E-state index in [4.69, 9.17) is 0 Å². The summed E-state index contributed by atoms with van der Waals surface area (Å²) < 4.78 is 14.0. The summed E-state index contributed by atoms with van der Waals surface area (Å²) in [5.74, 6) is -0.0690. The Morgan fingerprint density at radius 3 is 2.35 bits per heavy atom. The number of aldehydes is 1. The molecule has 0 atom stereocenters. The van der Waals surface area contributed by atoms with Gasteiger partial charge < -0.3 is 0 Å². The summed E-state index contributed by atoms with van der Waals surface area (Å²) in [6.07, 6.45) is 0.861. The molecule has 0 bridgehead atoms. The van der Waals surface area contributed by atoms with Crippen LogP contribution in [0.1, 0.15) is 46.8 Å². The number of carbonyl (C=O) groups is 1. The molecular weight excluding hydrogens is 251 g/mol. The van der Waals surface area contributed by atoms with Crippen LogP contribution in [0.3, 0.4) is 0 Å². The molecule has 0 N–H and O–H groups in total. The quantitative estimate of drug-likeness (QED) is 0.714. The van der Waals surface area contributed by atoms with Crippen molar-refractivity contribution in [2.24, 2.45) is 0 Å². The zero-order valence-electron chi connectivity index (χ0n) is 12.3. The Morgan fingerprint density at radius 1 is 1.05 bits per heavy atom. The fourth-order valence-electron chi connectivity index (χ4n) is 2.45. The normalized spacial score (nSPS) is 10.9. The molecular formula is C18H19FO. The molecule has 1 nitrogen and oxygen atoms in total. The van der Waals surface area contributed by atoms with Gasteiger partial charge in [-0.3, -0.25) is 4.79 Å². The third-order valence-electron chi connectivity index (χ3n) is 3.59. The highest BCUT2D eigenvalue weighted by atomic mass is 19.1. The maximum Gasteiger partial charge on any atom is 0.150 e. The van der Waals surface area contributed by atoms with Gasteiger partial charge in [0.2, 0.25) is 0 Å². The van der Waals surface area contributed by atoms with Crippen molar-refractivity contribution in [2.45, 2.75) is 33.6 Å². The highest BCUT2D eigenvalue weighted by Gasteiger charge is 2.13. The number of carbonyl (C=O) groups excluding carboxylic acids is 1. The van der Waals surface area contributed by atoms with Crippen molar-refractivity contribution in [1.29, 1.82) is 0 Å². The van der Waals surface area contributed by atoms with Crippen LogP contribution in [0.5, 0.6) is 0 Å². The number of aryl methyl sites for hydroxylation is 2. The van der Waals surface area contributed by atoms with Gasteiger partial charge in [0, 0.05) is 5.56 Å². The van der Waals surface area contributed by atoms with E-state index in [1.165, 1.54) is 0 Å². The minimum Gasteiger partial charge on any atom is -0.298 e. The van der Waals surface area contributed by atoms with Crippen LogP contribution in [0.15, 0.2) is 30.3 Å². The van der Waals surface area contributed by atoms with Crippen molar-refractivity contribution in [2.75, 3.05) is 0 Å². The third kappa shape index (κ3) is 2.64. The topological polar surface area (TPSA) is 17.1 Å². The van der Waals surface area contributed by atoms with E-state index in [-0.39, 0.29) is 11.7 Å². The fraction of sp³-hybridized carbons (Fsp3) is 0.278. The van der Waals surface area contributed by atoms with E-state index in [1.54, 1.807) is 6.07 Å². The molecule has 0 aromatic heterocycles. The van der Waals surface area contributed by atoms with E-state index in [9.17, 15) is 9.18 Å². The summed E-state index contributed by atoms with van der Waals surface area (Å²) in [7, 11) is 0. The van der Waals surface area contributed by atoms with Gasteiger partial charge >= 0.3 is 0 Å². The van der Waals surface area contributed by atoms with Crippen LogP contribution in [-0.4, -0.2) is 6.29 Å². The number of hydrogen-bond acceptors (Lipinski definition) is 1. The lowest BCUT2D eigenvalue weighted by Crippen LogP contribution is -1.98. The van der Waals surface area contributed by atoms with Gasteiger partial charge in [-0.15, -0.1) is 0 Å². The summed E-state index contributed by atoms with van der Waals surface area (Å²) >= 11 is 0. The Hall–Kier alpha value is -1.96. The second kappa shape index (κ2) is 5.58.